The van der Waals surface area contributed by atoms with Crippen molar-refractivity contribution in [1.82, 2.24) is 15.3 Å². The van der Waals surface area contributed by atoms with Crippen molar-refractivity contribution in [3.63, 3.8) is 0 Å². The van der Waals surface area contributed by atoms with E-state index in [-0.39, 0.29) is 17.8 Å². The molecule has 2 fully saturated rings. The number of nitrogens with one attached hydrogen (secondary N) is 1. The lowest BCUT2D eigenvalue weighted by Gasteiger charge is -2.34. The van der Waals surface area contributed by atoms with E-state index in [9.17, 15) is 9.18 Å². The van der Waals surface area contributed by atoms with Crippen LogP contribution < -0.4 is 5.43 Å². The lowest BCUT2D eigenvalue weighted by atomic mass is 9.81. The van der Waals surface area contributed by atoms with E-state index in [0.29, 0.717) is 23.5 Å². The van der Waals surface area contributed by atoms with Crippen molar-refractivity contribution in [3.05, 3.63) is 47.0 Å². The van der Waals surface area contributed by atoms with Gasteiger partial charge in [-0.3, -0.25) is 4.79 Å². The Morgan fingerprint density at radius 2 is 2.09 bits per heavy atom. The van der Waals surface area contributed by atoms with Crippen LogP contribution in [0.1, 0.15) is 31.2 Å². The van der Waals surface area contributed by atoms with Crippen LogP contribution in [-0.4, -0.2) is 27.9 Å². The number of hydrogen-bond acceptors (Lipinski definition) is 3. The Morgan fingerprint density at radius 1 is 1.26 bits per heavy atom. The number of amides is 1. The smallest absolute Gasteiger partial charge is 0.251 e. The number of nitrogens with zero attached hydrogens (tertiary/aromatic N) is 2. The van der Waals surface area contributed by atoms with Gasteiger partial charge in [-0.25, -0.2) is 9.82 Å². The molecular weight excluding hydrogens is 317 g/mol. The standard InChI is InChI=1S/C17H19ClFN3O/c18-14-9-12(19)6-5-11(14)10-21-7-8-22-16(17(21)23)13-3-1-2-4-15(13)20-22/h5-9,13,15-16,20H,1-4,10H2. The normalized spacial score (nSPS) is 29.7. The molecule has 1 aliphatic carbocycles. The Kier molecular flexibility index (Phi) is 3.77. The molecule has 1 aromatic rings. The third-order valence-electron chi connectivity index (χ3n) is 5.14. The van der Waals surface area contributed by atoms with Gasteiger partial charge in [-0.15, -0.1) is 0 Å². The molecule has 23 heavy (non-hydrogen) atoms. The van der Waals surface area contributed by atoms with Gasteiger partial charge in [-0.1, -0.05) is 30.5 Å². The molecule has 1 N–H and O–H groups in total. The lowest BCUT2D eigenvalue weighted by molar-refractivity contribution is -0.136. The first-order chi connectivity index (χ1) is 11.1. The molecule has 1 amide bonds. The minimum Gasteiger partial charge on any atom is -0.311 e. The van der Waals surface area contributed by atoms with Gasteiger partial charge in [0.1, 0.15) is 11.9 Å². The van der Waals surface area contributed by atoms with E-state index in [1.807, 2.05) is 11.2 Å². The highest BCUT2D eigenvalue weighted by Crippen LogP contribution is 2.37. The van der Waals surface area contributed by atoms with Crippen LogP contribution in [-0.2, 0) is 11.3 Å². The van der Waals surface area contributed by atoms with E-state index < -0.39 is 0 Å². The van der Waals surface area contributed by atoms with Gasteiger partial charge in [-0.2, -0.15) is 0 Å². The molecule has 4 rings (SSSR count). The zero-order chi connectivity index (χ0) is 16.0. The molecule has 1 saturated heterocycles. The molecule has 1 saturated carbocycles. The number of fused-ring (bicyclic) bond motifs is 3. The third kappa shape index (κ3) is 2.62. The largest absolute Gasteiger partial charge is 0.311 e. The van der Waals surface area contributed by atoms with Gasteiger partial charge < -0.3 is 9.91 Å². The van der Waals surface area contributed by atoms with Crippen LogP contribution in [0.5, 0.6) is 0 Å². The second-order valence-electron chi connectivity index (χ2n) is 6.54. The number of halogens is 2. The highest BCUT2D eigenvalue weighted by molar-refractivity contribution is 6.31. The summed E-state index contributed by atoms with van der Waals surface area (Å²) in [4.78, 5) is 14.6. The van der Waals surface area contributed by atoms with Crippen molar-refractivity contribution < 1.29 is 9.18 Å². The van der Waals surface area contributed by atoms with Gasteiger partial charge >= 0.3 is 0 Å². The first-order valence-electron chi connectivity index (χ1n) is 8.11. The number of carbonyl (C=O) groups is 1. The summed E-state index contributed by atoms with van der Waals surface area (Å²) in [5.74, 6) is 0.0951. The predicted octanol–water partition coefficient (Wildman–Crippen LogP) is 3.04. The van der Waals surface area contributed by atoms with Crippen LogP contribution in [0.15, 0.2) is 30.6 Å². The highest BCUT2D eigenvalue weighted by Gasteiger charge is 2.47. The van der Waals surface area contributed by atoms with E-state index in [4.69, 9.17) is 11.6 Å². The molecule has 0 bridgehead atoms. The van der Waals surface area contributed by atoms with Crippen molar-refractivity contribution in [2.45, 2.75) is 44.3 Å². The SMILES string of the molecule is O=C1C2C3CCCCC3NN2C=CN1Cc1ccc(F)cc1Cl. The van der Waals surface area contributed by atoms with Crippen LogP contribution in [0.3, 0.4) is 0 Å². The van der Waals surface area contributed by atoms with Crippen molar-refractivity contribution in [1.29, 1.82) is 0 Å². The molecule has 0 spiro atoms. The van der Waals surface area contributed by atoms with Crippen molar-refractivity contribution >= 4 is 17.5 Å². The topological polar surface area (TPSA) is 35.6 Å². The quantitative estimate of drug-likeness (QED) is 0.902. The van der Waals surface area contributed by atoms with Crippen molar-refractivity contribution in [2.75, 3.05) is 0 Å². The zero-order valence-electron chi connectivity index (χ0n) is 12.7. The summed E-state index contributed by atoms with van der Waals surface area (Å²) in [5.41, 5.74) is 4.21. The van der Waals surface area contributed by atoms with Crippen LogP contribution >= 0.6 is 11.6 Å². The molecule has 2 heterocycles. The maximum absolute atomic E-state index is 13.2. The molecule has 6 heteroatoms. The number of hydrogen-bond donors (Lipinski definition) is 1. The van der Waals surface area contributed by atoms with E-state index >= 15 is 0 Å². The van der Waals surface area contributed by atoms with Crippen molar-refractivity contribution in [2.24, 2.45) is 5.92 Å². The van der Waals surface area contributed by atoms with Crippen molar-refractivity contribution in [3.8, 4) is 0 Å². The molecule has 0 radical (unpaired) electrons. The summed E-state index contributed by atoms with van der Waals surface area (Å²) >= 11 is 6.09. The van der Waals surface area contributed by atoms with E-state index in [2.05, 4.69) is 5.43 Å². The summed E-state index contributed by atoms with van der Waals surface area (Å²) in [6, 6.07) is 4.57. The molecule has 3 unspecified atom stereocenters. The summed E-state index contributed by atoms with van der Waals surface area (Å²) in [6.07, 6.45) is 8.34. The van der Waals surface area contributed by atoms with E-state index in [1.54, 1.807) is 17.2 Å². The second kappa shape index (κ2) is 5.80. The molecule has 1 aromatic carbocycles. The average molecular weight is 336 g/mol. The number of benzene rings is 1. The van der Waals surface area contributed by atoms with Gasteiger partial charge in [0.25, 0.3) is 5.91 Å². The monoisotopic (exact) mass is 335 g/mol. The molecule has 122 valence electrons. The Balaban J connectivity index is 1.55. The van der Waals surface area contributed by atoms with E-state index in [0.717, 1.165) is 18.4 Å². The predicted molar refractivity (Wildman–Crippen MR) is 85.6 cm³/mol. The number of carbonyl (C=O) groups excluding carboxylic acids is 1. The molecular formula is C17H19ClFN3O. The highest BCUT2D eigenvalue weighted by atomic mass is 35.5. The van der Waals surface area contributed by atoms with Gasteiger partial charge in [0.15, 0.2) is 0 Å². The fraction of sp³-hybridized carbons (Fsp3) is 0.471. The van der Waals surface area contributed by atoms with Crippen LogP contribution in [0.2, 0.25) is 5.02 Å². The lowest BCUT2D eigenvalue weighted by Crippen LogP contribution is -2.49. The number of hydrazine groups is 1. The zero-order valence-corrected chi connectivity index (χ0v) is 13.5. The molecule has 2 aliphatic heterocycles. The van der Waals surface area contributed by atoms with Gasteiger partial charge in [0, 0.05) is 29.4 Å². The first kappa shape index (κ1) is 15.0. The van der Waals surface area contributed by atoms with Gasteiger partial charge in [-0.05, 0) is 30.5 Å². The van der Waals surface area contributed by atoms with Crippen LogP contribution in [0.25, 0.3) is 0 Å². The second-order valence-corrected chi connectivity index (χ2v) is 6.94. The minimum absolute atomic E-state index is 0.0924. The number of rotatable bonds is 2. The Labute approximate surface area is 139 Å². The average Bonchev–Trinajstić information content (AvgIpc) is 2.91. The first-order valence-corrected chi connectivity index (χ1v) is 8.48. The Bertz CT molecular complexity index is 665. The molecule has 3 atom stereocenters. The molecule has 4 nitrogen and oxygen atoms in total. The van der Waals surface area contributed by atoms with Crippen LogP contribution in [0, 0.1) is 11.7 Å². The van der Waals surface area contributed by atoms with Gasteiger partial charge in [0.05, 0.1) is 6.54 Å². The Morgan fingerprint density at radius 3 is 2.91 bits per heavy atom. The summed E-state index contributed by atoms with van der Waals surface area (Å²) in [6.45, 7) is 0.371. The summed E-state index contributed by atoms with van der Waals surface area (Å²) < 4.78 is 13.2. The summed E-state index contributed by atoms with van der Waals surface area (Å²) in [7, 11) is 0. The maximum Gasteiger partial charge on any atom is 0.251 e. The molecule has 3 aliphatic rings. The fourth-order valence-corrected chi connectivity index (χ4v) is 4.20. The van der Waals surface area contributed by atoms with E-state index in [1.165, 1.54) is 25.0 Å². The fourth-order valence-electron chi connectivity index (χ4n) is 3.97. The summed E-state index contributed by atoms with van der Waals surface area (Å²) in [5, 5.41) is 2.32. The minimum atomic E-state index is -0.365. The molecule has 0 aromatic heterocycles. The third-order valence-corrected chi connectivity index (χ3v) is 5.49. The van der Waals surface area contributed by atoms with Gasteiger partial charge in [0.2, 0.25) is 0 Å². The van der Waals surface area contributed by atoms with Crippen LogP contribution in [0.4, 0.5) is 4.39 Å². The Hall–Kier alpha value is -1.59. The maximum atomic E-state index is 13.2.